The van der Waals surface area contributed by atoms with E-state index in [1.807, 2.05) is 6.92 Å². The SMILES string of the molecule is CC1CN(C(=O)c2cc(Cl)ncc2[N+](=O)[O-])CCC1O. The Labute approximate surface area is 120 Å². The van der Waals surface area contributed by atoms with Crippen LogP contribution in [0.15, 0.2) is 12.3 Å². The summed E-state index contributed by atoms with van der Waals surface area (Å²) in [5.41, 5.74) is -0.434. The standard InChI is InChI=1S/C12H14ClN3O4/c1-7-6-15(3-2-10(7)17)12(18)8-4-11(13)14-5-9(8)16(19)20/h4-5,7,10,17H,2-3,6H2,1H3. The fourth-order valence-corrected chi connectivity index (χ4v) is 2.39. The van der Waals surface area contributed by atoms with Crippen molar-refractivity contribution in [2.75, 3.05) is 13.1 Å². The van der Waals surface area contributed by atoms with Gasteiger partial charge in [-0.2, -0.15) is 0 Å². The molecule has 1 aliphatic heterocycles. The summed E-state index contributed by atoms with van der Waals surface area (Å²) in [6.45, 7) is 2.55. The van der Waals surface area contributed by atoms with Crippen LogP contribution < -0.4 is 0 Å². The molecule has 2 heterocycles. The molecule has 2 unspecified atom stereocenters. The molecule has 1 aliphatic rings. The predicted octanol–water partition coefficient (Wildman–Crippen LogP) is 1.49. The van der Waals surface area contributed by atoms with Crippen LogP contribution in [0.4, 0.5) is 5.69 Å². The minimum atomic E-state index is -0.654. The van der Waals surface area contributed by atoms with Crippen molar-refractivity contribution in [2.24, 2.45) is 5.92 Å². The van der Waals surface area contributed by atoms with Gasteiger partial charge in [0.25, 0.3) is 11.6 Å². The number of rotatable bonds is 2. The smallest absolute Gasteiger partial charge is 0.300 e. The molecule has 0 bridgehead atoms. The van der Waals surface area contributed by atoms with E-state index < -0.39 is 16.9 Å². The highest BCUT2D eigenvalue weighted by molar-refractivity contribution is 6.29. The van der Waals surface area contributed by atoms with Gasteiger partial charge >= 0.3 is 0 Å². The molecule has 1 N–H and O–H groups in total. The molecule has 0 aromatic carbocycles. The zero-order valence-electron chi connectivity index (χ0n) is 10.8. The molecular formula is C12H14ClN3O4. The van der Waals surface area contributed by atoms with E-state index >= 15 is 0 Å². The molecular weight excluding hydrogens is 286 g/mol. The summed E-state index contributed by atoms with van der Waals surface area (Å²) < 4.78 is 0. The zero-order valence-corrected chi connectivity index (χ0v) is 11.6. The molecule has 1 amide bonds. The van der Waals surface area contributed by atoms with Gasteiger partial charge in [0.2, 0.25) is 0 Å². The summed E-state index contributed by atoms with van der Waals surface area (Å²) in [5, 5.41) is 20.6. The number of piperidine rings is 1. The summed E-state index contributed by atoms with van der Waals surface area (Å²) in [5.74, 6) is -0.524. The number of halogens is 1. The van der Waals surface area contributed by atoms with E-state index in [9.17, 15) is 20.0 Å². The number of carbonyl (C=O) groups excluding carboxylic acids is 1. The van der Waals surface area contributed by atoms with E-state index in [0.29, 0.717) is 19.5 Å². The quantitative estimate of drug-likeness (QED) is 0.507. The third-order valence-corrected chi connectivity index (χ3v) is 3.63. The molecule has 0 aliphatic carbocycles. The molecule has 108 valence electrons. The van der Waals surface area contributed by atoms with E-state index in [0.717, 1.165) is 6.20 Å². The van der Waals surface area contributed by atoms with E-state index in [-0.39, 0.29) is 22.3 Å². The Hall–Kier alpha value is -1.73. The average Bonchev–Trinajstić information content (AvgIpc) is 2.40. The number of hydrogen-bond donors (Lipinski definition) is 1. The third kappa shape index (κ3) is 2.88. The molecule has 8 heteroatoms. The second kappa shape index (κ2) is 5.72. The van der Waals surface area contributed by atoms with Crippen molar-refractivity contribution >= 4 is 23.2 Å². The maximum atomic E-state index is 12.4. The van der Waals surface area contributed by atoms with Crippen molar-refractivity contribution in [1.29, 1.82) is 0 Å². The number of nitrogens with zero attached hydrogens (tertiary/aromatic N) is 3. The van der Waals surface area contributed by atoms with Crippen molar-refractivity contribution in [3.05, 3.63) is 33.1 Å². The van der Waals surface area contributed by atoms with Gasteiger partial charge in [-0.05, 0) is 18.4 Å². The van der Waals surface area contributed by atoms with Gasteiger partial charge in [0.15, 0.2) is 0 Å². The molecule has 7 nitrogen and oxygen atoms in total. The Morgan fingerprint density at radius 2 is 2.35 bits per heavy atom. The van der Waals surface area contributed by atoms with Crippen molar-refractivity contribution in [3.63, 3.8) is 0 Å². The number of carbonyl (C=O) groups is 1. The van der Waals surface area contributed by atoms with Crippen LogP contribution in [0.3, 0.4) is 0 Å². The fraction of sp³-hybridized carbons (Fsp3) is 0.500. The van der Waals surface area contributed by atoms with Crippen LogP contribution in [0, 0.1) is 16.0 Å². The van der Waals surface area contributed by atoms with Gasteiger partial charge in [0, 0.05) is 13.1 Å². The molecule has 0 radical (unpaired) electrons. The first-order valence-electron chi connectivity index (χ1n) is 6.17. The van der Waals surface area contributed by atoms with Gasteiger partial charge in [-0.25, -0.2) is 4.98 Å². The second-order valence-electron chi connectivity index (χ2n) is 4.87. The lowest BCUT2D eigenvalue weighted by Crippen LogP contribution is -2.45. The first-order chi connectivity index (χ1) is 9.40. The maximum Gasteiger partial charge on any atom is 0.300 e. The summed E-state index contributed by atoms with van der Waals surface area (Å²) in [7, 11) is 0. The van der Waals surface area contributed by atoms with Crippen LogP contribution in [-0.2, 0) is 0 Å². The van der Waals surface area contributed by atoms with E-state index in [1.165, 1.54) is 11.0 Å². The van der Waals surface area contributed by atoms with Crippen molar-refractivity contribution in [1.82, 2.24) is 9.88 Å². The minimum Gasteiger partial charge on any atom is -0.393 e. The Kier molecular flexibility index (Phi) is 4.20. The summed E-state index contributed by atoms with van der Waals surface area (Å²) in [4.78, 5) is 27.8. The van der Waals surface area contributed by atoms with Gasteiger partial charge in [-0.3, -0.25) is 14.9 Å². The highest BCUT2D eigenvalue weighted by Gasteiger charge is 2.31. The Balaban J connectivity index is 2.29. The van der Waals surface area contributed by atoms with Gasteiger partial charge in [-0.15, -0.1) is 0 Å². The lowest BCUT2D eigenvalue weighted by molar-refractivity contribution is -0.385. The third-order valence-electron chi connectivity index (χ3n) is 3.42. The van der Waals surface area contributed by atoms with Crippen LogP contribution >= 0.6 is 11.6 Å². The van der Waals surface area contributed by atoms with Crippen LogP contribution in [0.25, 0.3) is 0 Å². The average molecular weight is 300 g/mol. The first-order valence-corrected chi connectivity index (χ1v) is 6.55. The number of amides is 1. The fourth-order valence-electron chi connectivity index (χ4n) is 2.23. The van der Waals surface area contributed by atoms with E-state index in [4.69, 9.17) is 11.6 Å². The molecule has 2 rings (SSSR count). The number of aliphatic hydroxyl groups is 1. The molecule has 0 saturated carbocycles. The highest BCUT2D eigenvalue weighted by atomic mass is 35.5. The highest BCUT2D eigenvalue weighted by Crippen LogP contribution is 2.25. The normalized spacial score (nSPS) is 22.6. The zero-order chi connectivity index (χ0) is 14.9. The molecule has 20 heavy (non-hydrogen) atoms. The Morgan fingerprint density at radius 1 is 1.65 bits per heavy atom. The van der Waals surface area contributed by atoms with E-state index in [1.54, 1.807) is 0 Å². The van der Waals surface area contributed by atoms with Crippen molar-refractivity contribution in [3.8, 4) is 0 Å². The Bertz CT molecular complexity index is 552. The summed E-state index contributed by atoms with van der Waals surface area (Å²) >= 11 is 5.71. The molecule has 1 saturated heterocycles. The van der Waals surface area contributed by atoms with Crippen LogP contribution in [0.5, 0.6) is 0 Å². The summed E-state index contributed by atoms with van der Waals surface area (Å²) in [6.07, 6.45) is 0.993. The number of likely N-dealkylation sites (tertiary alicyclic amines) is 1. The number of pyridine rings is 1. The molecule has 0 spiro atoms. The number of aromatic nitrogens is 1. The van der Waals surface area contributed by atoms with Gasteiger partial charge in [0.05, 0.1) is 11.0 Å². The number of nitro groups is 1. The lowest BCUT2D eigenvalue weighted by atomic mass is 9.96. The van der Waals surface area contributed by atoms with Crippen molar-refractivity contribution in [2.45, 2.75) is 19.4 Å². The van der Waals surface area contributed by atoms with Gasteiger partial charge in [0.1, 0.15) is 16.9 Å². The lowest BCUT2D eigenvalue weighted by Gasteiger charge is -2.34. The topological polar surface area (TPSA) is 96.6 Å². The largest absolute Gasteiger partial charge is 0.393 e. The Morgan fingerprint density at radius 3 is 2.95 bits per heavy atom. The number of aliphatic hydroxyl groups excluding tert-OH is 1. The van der Waals surface area contributed by atoms with Crippen LogP contribution in [-0.4, -0.2) is 45.0 Å². The molecule has 1 aromatic rings. The predicted molar refractivity (Wildman–Crippen MR) is 71.6 cm³/mol. The van der Waals surface area contributed by atoms with Crippen LogP contribution in [0.2, 0.25) is 5.15 Å². The molecule has 2 atom stereocenters. The van der Waals surface area contributed by atoms with E-state index in [2.05, 4.69) is 4.98 Å². The van der Waals surface area contributed by atoms with Gasteiger partial charge < -0.3 is 10.0 Å². The van der Waals surface area contributed by atoms with Gasteiger partial charge in [-0.1, -0.05) is 18.5 Å². The minimum absolute atomic E-state index is 0.0315. The van der Waals surface area contributed by atoms with Crippen LogP contribution in [0.1, 0.15) is 23.7 Å². The monoisotopic (exact) mass is 299 g/mol. The maximum absolute atomic E-state index is 12.4. The number of hydrogen-bond acceptors (Lipinski definition) is 5. The summed E-state index contributed by atoms with van der Waals surface area (Å²) in [6, 6.07) is 1.21. The molecule has 1 fully saturated rings. The molecule has 1 aromatic heterocycles. The first kappa shape index (κ1) is 14.7. The second-order valence-corrected chi connectivity index (χ2v) is 5.25. The van der Waals surface area contributed by atoms with Crippen molar-refractivity contribution < 1.29 is 14.8 Å².